The number of hydrogen-bond acceptors (Lipinski definition) is 7. The molecule has 0 saturated carbocycles. The molecule has 196 valence electrons. The highest BCUT2D eigenvalue weighted by molar-refractivity contribution is 7.81. The SMILES string of the molecule is COc1ccc(Cl)c(Nc2nc3ccccc3nc2N(c2cccc(NC(=O)CN3CCC3)c2)S(=O)O)c1. The molecule has 3 N–H and O–H groups in total. The average Bonchev–Trinajstić information content (AvgIpc) is 2.88. The van der Waals surface area contributed by atoms with Gasteiger partial charge in [-0.3, -0.25) is 14.2 Å². The first-order chi connectivity index (χ1) is 18.4. The number of anilines is 5. The fourth-order valence-corrected chi connectivity index (χ4v) is 4.74. The molecule has 5 rings (SSSR count). The molecule has 0 spiro atoms. The highest BCUT2D eigenvalue weighted by atomic mass is 35.5. The summed E-state index contributed by atoms with van der Waals surface area (Å²) in [6.07, 6.45) is 1.09. The minimum Gasteiger partial charge on any atom is -0.497 e. The molecule has 4 aromatic rings. The van der Waals surface area contributed by atoms with Crippen molar-refractivity contribution in [1.29, 1.82) is 0 Å². The number of aromatic nitrogens is 2. The van der Waals surface area contributed by atoms with Gasteiger partial charge in [-0.2, -0.15) is 0 Å². The number of fused-ring (bicyclic) bond motifs is 1. The lowest BCUT2D eigenvalue weighted by molar-refractivity contribution is -0.118. The molecule has 1 amide bonds. The van der Waals surface area contributed by atoms with Gasteiger partial charge in [0, 0.05) is 11.8 Å². The predicted molar refractivity (Wildman–Crippen MR) is 150 cm³/mol. The third kappa shape index (κ3) is 5.70. The number of amides is 1. The van der Waals surface area contributed by atoms with Crippen LogP contribution in [0.1, 0.15) is 6.42 Å². The number of ether oxygens (including phenoxy) is 1. The second-order valence-electron chi connectivity index (χ2n) is 8.61. The zero-order valence-corrected chi connectivity index (χ0v) is 22.0. The molecule has 3 aromatic carbocycles. The maximum Gasteiger partial charge on any atom is 0.268 e. The molecule has 1 aromatic heterocycles. The predicted octanol–water partition coefficient (Wildman–Crippen LogP) is 4.95. The number of likely N-dealkylation sites (tertiary alicyclic amines) is 1. The summed E-state index contributed by atoms with van der Waals surface area (Å²) >= 11 is 3.88. The van der Waals surface area contributed by atoms with Gasteiger partial charge in [0.2, 0.25) is 5.91 Å². The first-order valence-electron chi connectivity index (χ1n) is 11.8. The van der Waals surface area contributed by atoms with Gasteiger partial charge in [-0.05, 0) is 62.0 Å². The van der Waals surface area contributed by atoms with Gasteiger partial charge in [0.05, 0.1) is 41.1 Å². The Morgan fingerprint density at radius 1 is 1.11 bits per heavy atom. The third-order valence-corrected chi connectivity index (χ3v) is 7.03. The van der Waals surface area contributed by atoms with Crippen molar-refractivity contribution in [2.24, 2.45) is 0 Å². The Kier molecular flexibility index (Phi) is 7.70. The van der Waals surface area contributed by atoms with Crippen molar-refractivity contribution in [1.82, 2.24) is 14.9 Å². The number of para-hydroxylation sites is 2. The molecule has 2 heterocycles. The minimum atomic E-state index is -2.54. The average molecular weight is 553 g/mol. The molecule has 1 fully saturated rings. The Morgan fingerprint density at radius 2 is 1.87 bits per heavy atom. The van der Waals surface area contributed by atoms with E-state index in [1.165, 1.54) is 0 Å². The van der Waals surface area contributed by atoms with Crippen LogP contribution in [0.2, 0.25) is 5.02 Å². The number of nitrogens with one attached hydrogen (secondary N) is 2. The van der Waals surface area contributed by atoms with E-state index >= 15 is 0 Å². The zero-order chi connectivity index (χ0) is 26.6. The van der Waals surface area contributed by atoms with Crippen LogP contribution < -0.4 is 19.7 Å². The summed E-state index contributed by atoms with van der Waals surface area (Å²) in [5.41, 5.74) is 2.40. The normalized spacial score (nSPS) is 14.0. The number of halogens is 1. The van der Waals surface area contributed by atoms with E-state index in [0.29, 0.717) is 45.4 Å². The van der Waals surface area contributed by atoms with E-state index in [9.17, 15) is 13.6 Å². The summed E-state index contributed by atoms with van der Waals surface area (Å²) in [7, 11) is 1.54. The van der Waals surface area contributed by atoms with Crippen molar-refractivity contribution < 1.29 is 18.3 Å². The third-order valence-electron chi connectivity index (χ3n) is 6.01. The Bertz CT molecular complexity index is 1520. The summed E-state index contributed by atoms with van der Waals surface area (Å²) < 4.78 is 29.6. The van der Waals surface area contributed by atoms with E-state index in [-0.39, 0.29) is 17.5 Å². The Labute approximate surface area is 227 Å². The van der Waals surface area contributed by atoms with Crippen molar-refractivity contribution in [3.8, 4) is 5.75 Å². The lowest BCUT2D eigenvalue weighted by atomic mass is 10.2. The van der Waals surface area contributed by atoms with Crippen LogP contribution in [-0.2, 0) is 16.1 Å². The number of rotatable bonds is 9. The van der Waals surface area contributed by atoms with E-state index in [1.54, 1.807) is 67.8 Å². The highest BCUT2D eigenvalue weighted by Gasteiger charge is 2.24. The van der Waals surface area contributed by atoms with E-state index in [2.05, 4.69) is 20.6 Å². The van der Waals surface area contributed by atoms with Crippen LogP contribution in [0.4, 0.5) is 28.7 Å². The highest BCUT2D eigenvalue weighted by Crippen LogP contribution is 2.37. The molecule has 1 aliphatic rings. The van der Waals surface area contributed by atoms with E-state index in [4.69, 9.17) is 16.3 Å². The van der Waals surface area contributed by atoms with Crippen molar-refractivity contribution in [3.05, 3.63) is 71.8 Å². The molecule has 1 aliphatic heterocycles. The molecule has 0 aliphatic carbocycles. The van der Waals surface area contributed by atoms with Gasteiger partial charge in [0.15, 0.2) is 11.6 Å². The zero-order valence-electron chi connectivity index (χ0n) is 20.4. The summed E-state index contributed by atoms with van der Waals surface area (Å²) in [4.78, 5) is 23.8. The summed E-state index contributed by atoms with van der Waals surface area (Å²) in [5, 5.41) is 6.40. The molecule has 38 heavy (non-hydrogen) atoms. The van der Waals surface area contributed by atoms with Crippen molar-refractivity contribution >= 4 is 68.5 Å². The van der Waals surface area contributed by atoms with Crippen LogP contribution in [0, 0.1) is 0 Å². The number of carbonyl (C=O) groups is 1. The summed E-state index contributed by atoms with van der Waals surface area (Å²) in [5.74, 6) is 0.705. The maximum atomic E-state index is 12.7. The standard InChI is InChI=1S/C26H25ClN6O4S/c1-37-19-10-11-20(27)23(15-19)30-25-26(31-22-9-3-2-8-21(22)29-25)33(38(35)36)18-7-4-6-17(14-18)28-24(34)16-32-12-5-13-32/h2-4,6-11,14-15H,5,12-13,16H2,1H3,(H,28,34)(H,29,30)(H,35,36). The molecule has 0 bridgehead atoms. The van der Waals surface area contributed by atoms with Gasteiger partial charge < -0.3 is 15.4 Å². The van der Waals surface area contributed by atoms with Crippen LogP contribution in [0.5, 0.6) is 5.75 Å². The molecule has 1 saturated heterocycles. The first-order valence-corrected chi connectivity index (χ1v) is 13.3. The Balaban J connectivity index is 1.55. The van der Waals surface area contributed by atoms with Crippen LogP contribution in [-0.4, -0.2) is 56.3 Å². The second-order valence-corrected chi connectivity index (χ2v) is 9.84. The fraction of sp³-hybridized carbons (Fsp3) is 0.192. The largest absolute Gasteiger partial charge is 0.497 e. The topological polar surface area (TPSA) is 120 Å². The smallest absolute Gasteiger partial charge is 0.268 e. The van der Waals surface area contributed by atoms with Gasteiger partial charge in [0.25, 0.3) is 11.3 Å². The number of carbonyl (C=O) groups excluding carboxylic acids is 1. The number of benzene rings is 3. The van der Waals surface area contributed by atoms with Gasteiger partial charge in [-0.15, -0.1) is 0 Å². The van der Waals surface area contributed by atoms with Crippen LogP contribution in [0.15, 0.2) is 66.7 Å². The van der Waals surface area contributed by atoms with Gasteiger partial charge in [-0.25, -0.2) is 18.5 Å². The van der Waals surface area contributed by atoms with Crippen LogP contribution in [0.25, 0.3) is 11.0 Å². The number of methoxy groups -OCH3 is 1. The second kappa shape index (κ2) is 11.3. The Hall–Kier alpha value is -3.77. The van der Waals surface area contributed by atoms with Crippen LogP contribution >= 0.6 is 11.6 Å². The maximum absolute atomic E-state index is 12.7. The molecule has 1 atom stereocenters. The molecular formula is C26H25ClN6O4S. The van der Waals surface area contributed by atoms with Crippen molar-refractivity contribution in [2.75, 3.05) is 41.7 Å². The number of hydrogen-bond donors (Lipinski definition) is 3. The summed E-state index contributed by atoms with van der Waals surface area (Å²) in [6, 6.07) is 18.9. The van der Waals surface area contributed by atoms with Crippen molar-refractivity contribution in [2.45, 2.75) is 6.42 Å². The van der Waals surface area contributed by atoms with Gasteiger partial charge >= 0.3 is 0 Å². The van der Waals surface area contributed by atoms with Crippen molar-refractivity contribution in [3.63, 3.8) is 0 Å². The van der Waals surface area contributed by atoms with E-state index in [0.717, 1.165) is 23.8 Å². The molecule has 10 nitrogen and oxygen atoms in total. The molecule has 0 radical (unpaired) electrons. The lowest BCUT2D eigenvalue weighted by Gasteiger charge is -2.29. The first kappa shape index (κ1) is 25.9. The monoisotopic (exact) mass is 552 g/mol. The van der Waals surface area contributed by atoms with E-state index < -0.39 is 11.3 Å². The van der Waals surface area contributed by atoms with E-state index in [1.807, 2.05) is 11.0 Å². The molecule has 12 heteroatoms. The lowest BCUT2D eigenvalue weighted by Crippen LogP contribution is -2.42. The number of nitrogens with zero attached hydrogens (tertiary/aromatic N) is 4. The quantitative estimate of drug-likeness (QED) is 0.249. The Morgan fingerprint density at radius 3 is 2.55 bits per heavy atom. The minimum absolute atomic E-state index is 0.0903. The van der Waals surface area contributed by atoms with Crippen LogP contribution in [0.3, 0.4) is 0 Å². The fourth-order valence-electron chi connectivity index (χ4n) is 4.01. The van der Waals surface area contributed by atoms with Gasteiger partial charge in [-0.1, -0.05) is 29.8 Å². The summed E-state index contributed by atoms with van der Waals surface area (Å²) in [6.45, 7) is 2.10. The molecule has 1 unspecified atom stereocenters. The molecular weight excluding hydrogens is 528 g/mol. The van der Waals surface area contributed by atoms with Gasteiger partial charge in [0.1, 0.15) is 5.75 Å².